The summed E-state index contributed by atoms with van der Waals surface area (Å²) in [4.78, 5) is 9.49. The van der Waals surface area contributed by atoms with Crippen LogP contribution >= 0.6 is 0 Å². The van der Waals surface area contributed by atoms with E-state index in [4.69, 9.17) is 0 Å². The summed E-state index contributed by atoms with van der Waals surface area (Å²) in [6.07, 6.45) is 4.58. The Kier molecular flexibility index (Phi) is 44.9. The molecule has 0 N–H and O–H groups in total. The molecular weight excluding hydrogens is 235 g/mol. The molecule has 0 saturated carbocycles. The molecule has 0 aliphatic rings. The normalized spacial score (nSPS) is 7.82. The molecule has 0 aliphatic carbocycles. The fraction of sp³-hybridized carbons (Fsp3) is 0.917. The Labute approximate surface area is 116 Å². The van der Waals surface area contributed by atoms with Gasteiger partial charge in [-0.05, 0) is 6.42 Å². The first-order valence-corrected chi connectivity index (χ1v) is 5.96. The van der Waals surface area contributed by atoms with Crippen molar-refractivity contribution < 1.29 is 20.1 Å². The summed E-state index contributed by atoms with van der Waals surface area (Å²) in [6, 6.07) is 0. The maximum atomic E-state index is 9.53. The number of carbonyl (C=O) groups is 1. The molecule has 0 amide bonds. The van der Waals surface area contributed by atoms with Crippen LogP contribution in [0.2, 0.25) is 0 Å². The molecule has 0 aromatic rings. The van der Waals surface area contributed by atoms with Crippen molar-refractivity contribution in [2.45, 2.75) is 59.3 Å². The average Bonchev–Trinajstić information content (AvgIpc) is 2.21. The third-order valence-electron chi connectivity index (χ3n) is 1.45. The summed E-state index contributed by atoms with van der Waals surface area (Å²) in [6.45, 7) is 6.01. The SMILES string of the molecule is CCCC(=O)[O-].CCCC[O-].CCCC[O-].[Al+3]. The van der Waals surface area contributed by atoms with Gasteiger partial charge in [-0.1, -0.05) is 52.9 Å². The summed E-state index contributed by atoms with van der Waals surface area (Å²) < 4.78 is 0. The average molecular weight is 260 g/mol. The smallest absolute Gasteiger partial charge is 0.854 e. The van der Waals surface area contributed by atoms with Gasteiger partial charge in [0.1, 0.15) is 0 Å². The van der Waals surface area contributed by atoms with E-state index in [1.165, 1.54) is 0 Å². The topological polar surface area (TPSA) is 86.2 Å². The number of carboxylic acid groups (broad SMARTS) is 1. The van der Waals surface area contributed by atoms with Gasteiger partial charge in [-0.15, -0.1) is 13.2 Å². The quantitative estimate of drug-likeness (QED) is 0.600. The van der Waals surface area contributed by atoms with Crippen LogP contribution < -0.4 is 15.3 Å². The van der Waals surface area contributed by atoms with E-state index in [2.05, 4.69) is 0 Å². The number of carboxylic acids is 1. The van der Waals surface area contributed by atoms with Gasteiger partial charge >= 0.3 is 17.4 Å². The molecule has 0 rings (SSSR count). The minimum atomic E-state index is -0.961. The summed E-state index contributed by atoms with van der Waals surface area (Å²) in [5, 5.41) is 28.5. The molecule has 0 fully saturated rings. The molecule has 0 aromatic carbocycles. The van der Waals surface area contributed by atoms with Gasteiger partial charge in [-0.25, -0.2) is 0 Å². The Morgan fingerprint density at radius 2 is 1.24 bits per heavy atom. The second-order valence-electron chi connectivity index (χ2n) is 3.24. The van der Waals surface area contributed by atoms with E-state index in [0.29, 0.717) is 6.42 Å². The van der Waals surface area contributed by atoms with Gasteiger partial charge in [-0.3, -0.25) is 0 Å². The molecule has 100 valence electrons. The molecular formula is C12H25AlO4. The van der Waals surface area contributed by atoms with E-state index in [1.807, 2.05) is 13.8 Å². The minimum Gasteiger partial charge on any atom is -0.854 e. The molecule has 0 aliphatic heterocycles. The monoisotopic (exact) mass is 260 g/mol. The van der Waals surface area contributed by atoms with Gasteiger partial charge in [0.05, 0.1) is 0 Å². The van der Waals surface area contributed by atoms with Crippen LogP contribution in [0.1, 0.15) is 59.3 Å². The van der Waals surface area contributed by atoms with Gasteiger partial charge in [0.25, 0.3) is 0 Å². The molecule has 4 nitrogen and oxygen atoms in total. The van der Waals surface area contributed by atoms with Crippen molar-refractivity contribution in [2.75, 3.05) is 13.2 Å². The molecule has 0 heterocycles. The standard InChI is InChI=1S/C4H8O2.2C4H9O.Al/c1-2-3-4(5)6;2*1-2-3-4-5;/h2-3H2,1H3,(H,5,6);2*2-4H2,1H3;/q;2*-1;+3/p-1. The van der Waals surface area contributed by atoms with E-state index in [9.17, 15) is 20.1 Å². The predicted molar refractivity (Wildman–Crippen MR) is 65.2 cm³/mol. The Bertz CT molecular complexity index is 111. The van der Waals surface area contributed by atoms with Crippen molar-refractivity contribution in [3.8, 4) is 0 Å². The molecule has 0 aromatic heterocycles. The van der Waals surface area contributed by atoms with Gasteiger partial charge in [-0.2, -0.15) is 0 Å². The Morgan fingerprint density at radius 3 is 1.24 bits per heavy atom. The van der Waals surface area contributed by atoms with Crippen LogP contribution in [0.15, 0.2) is 0 Å². The first-order chi connectivity index (χ1) is 7.60. The van der Waals surface area contributed by atoms with E-state index in [1.54, 1.807) is 6.92 Å². The predicted octanol–water partition coefficient (Wildman–Crippen LogP) is -0.551. The summed E-state index contributed by atoms with van der Waals surface area (Å²) >= 11 is 0. The van der Waals surface area contributed by atoms with Crippen molar-refractivity contribution in [1.29, 1.82) is 0 Å². The molecule has 0 bridgehead atoms. The fourth-order valence-corrected chi connectivity index (χ4v) is 0.493. The minimum absolute atomic E-state index is 0. The van der Waals surface area contributed by atoms with E-state index < -0.39 is 5.97 Å². The van der Waals surface area contributed by atoms with Gasteiger partial charge in [0, 0.05) is 5.97 Å². The Balaban J connectivity index is -0.0000000729. The van der Waals surface area contributed by atoms with Crippen LogP contribution in [-0.4, -0.2) is 36.5 Å². The van der Waals surface area contributed by atoms with Crippen LogP contribution in [0.5, 0.6) is 0 Å². The summed E-state index contributed by atoms with van der Waals surface area (Å²) in [5.74, 6) is -0.961. The summed E-state index contributed by atoms with van der Waals surface area (Å²) in [7, 11) is 0. The number of hydrogen-bond donors (Lipinski definition) is 0. The molecule has 0 atom stereocenters. The zero-order valence-electron chi connectivity index (χ0n) is 11.4. The Morgan fingerprint density at radius 1 is 0.882 bits per heavy atom. The summed E-state index contributed by atoms with van der Waals surface area (Å²) in [5.41, 5.74) is 0. The second-order valence-corrected chi connectivity index (χ2v) is 3.24. The van der Waals surface area contributed by atoms with Crippen LogP contribution in [-0.2, 0) is 4.79 Å². The molecule has 0 radical (unpaired) electrons. The molecule has 0 saturated heterocycles. The number of aliphatic carboxylic acids is 1. The number of carbonyl (C=O) groups excluding carboxylic acids is 1. The fourth-order valence-electron chi connectivity index (χ4n) is 0.493. The van der Waals surface area contributed by atoms with Crippen LogP contribution in [0, 0.1) is 0 Å². The zero-order chi connectivity index (χ0) is 13.2. The number of hydrogen-bond acceptors (Lipinski definition) is 4. The Hall–Kier alpha value is -0.0775. The first-order valence-electron chi connectivity index (χ1n) is 5.96. The van der Waals surface area contributed by atoms with Gasteiger partial charge < -0.3 is 20.1 Å². The van der Waals surface area contributed by atoms with Crippen LogP contribution in [0.4, 0.5) is 0 Å². The molecule has 0 spiro atoms. The van der Waals surface area contributed by atoms with Crippen LogP contribution in [0.25, 0.3) is 0 Å². The van der Waals surface area contributed by atoms with Gasteiger partial charge in [0.2, 0.25) is 0 Å². The maximum Gasteiger partial charge on any atom is 3.00 e. The molecule has 17 heavy (non-hydrogen) atoms. The van der Waals surface area contributed by atoms with Crippen molar-refractivity contribution in [3.05, 3.63) is 0 Å². The second kappa shape index (κ2) is 29.7. The third-order valence-corrected chi connectivity index (χ3v) is 1.45. The largest absolute Gasteiger partial charge is 3.00 e. The molecule has 0 unspecified atom stereocenters. The van der Waals surface area contributed by atoms with Crippen molar-refractivity contribution >= 4 is 23.3 Å². The number of rotatable bonds is 6. The third kappa shape index (κ3) is 64.4. The van der Waals surface area contributed by atoms with Crippen molar-refractivity contribution in [2.24, 2.45) is 0 Å². The molecule has 5 heteroatoms. The van der Waals surface area contributed by atoms with E-state index in [0.717, 1.165) is 25.7 Å². The first kappa shape index (κ1) is 25.7. The van der Waals surface area contributed by atoms with Crippen molar-refractivity contribution in [1.82, 2.24) is 0 Å². The zero-order valence-corrected chi connectivity index (χ0v) is 12.5. The van der Waals surface area contributed by atoms with Crippen molar-refractivity contribution in [3.63, 3.8) is 0 Å². The van der Waals surface area contributed by atoms with Gasteiger partial charge in [0.15, 0.2) is 0 Å². The maximum absolute atomic E-state index is 9.53. The van der Waals surface area contributed by atoms with E-state index in [-0.39, 0.29) is 37.0 Å². The van der Waals surface area contributed by atoms with Crippen LogP contribution in [0.3, 0.4) is 0 Å². The number of unbranched alkanes of at least 4 members (excludes halogenated alkanes) is 2. The van der Waals surface area contributed by atoms with E-state index >= 15 is 0 Å².